The highest BCUT2D eigenvalue weighted by Gasteiger charge is 2.14. The van der Waals surface area contributed by atoms with Crippen LogP contribution in [0, 0.1) is 0 Å². The van der Waals surface area contributed by atoms with E-state index in [1.165, 1.54) is 6.92 Å². The summed E-state index contributed by atoms with van der Waals surface area (Å²) in [4.78, 5) is 11.0. The molecule has 0 saturated heterocycles. The molecule has 3 aromatic carbocycles. The lowest BCUT2D eigenvalue weighted by molar-refractivity contribution is -0.118. The van der Waals surface area contributed by atoms with Crippen LogP contribution in [0.15, 0.2) is 66.7 Å². The summed E-state index contributed by atoms with van der Waals surface area (Å²) in [7, 11) is 3.23. The van der Waals surface area contributed by atoms with Crippen molar-refractivity contribution in [1.82, 2.24) is 10.6 Å². The molecule has 0 atom stereocenters. The molecule has 0 bridgehead atoms. The highest BCUT2D eigenvalue weighted by atomic mass is 16.5. The van der Waals surface area contributed by atoms with Crippen molar-refractivity contribution in [1.29, 1.82) is 0 Å². The smallest absolute Gasteiger partial charge is 0.216 e. The standard InChI is InChI=1S/C25H29N3O4/c1-18(29)27-13-12-26-17-23-24(30-2)15-22(16-25(23)31-3)32-21-11-7-10-20(14-21)28-19-8-5-4-6-9-19/h4-11,14-16,26,28H,12-13,17H2,1-3H3,(H,27,29). The Hall–Kier alpha value is -3.71. The van der Waals surface area contributed by atoms with Crippen LogP contribution >= 0.6 is 0 Å². The first-order valence-corrected chi connectivity index (χ1v) is 10.4. The fourth-order valence-corrected chi connectivity index (χ4v) is 3.20. The molecule has 1 amide bonds. The zero-order valence-corrected chi connectivity index (χ0v) is 18.6. The second-order valence-electron chi connectivity index (χ2n) is 7.09. The second kappa shape index (κ2) is 11.6. The average molecular weight is 436 g/mol. The van der Waals surface area contributed by atoms with Gasteiger partial charge in [0.15, 0.2) is 0 Å². The lowest BCUT2D eigenvalue weighted by Crippen LogP contribution is -2.30. The van der Waals surface area contributed by atoms with Crippen LogP contribution in [0.5, 0.6) is 23.0 Å². The van der Waals surface area contributed by atoms with Crippen molar-refractivity contribution in [3.8, 4) is 23.0 Å². The van der Waals surface area contributed by atoms with Gasteiger partial charge in [-0.15, -0.1) is 0 Å². The van der Waals surface area contributed by atoms with Crippen LogP contribution in [0.3, 0.4) is 0 Å². The van der Waals surface area contributed by atoms with E-state index in [1.807, 2.05) is 66.7 Å². The van der Waals surface area contributed by atoms with Crippen molar-refractivity contribution in [3.05, 3.63) is 72.3 Å². The topological polar surface area (TPSA) is 80.8 Å². The van der Waals surface area contributed by atoms with Gasteiger partial charge < -0.3 is 30.2 Å². The molecule has 0 aromatic heterocycles. The Balaban J connectivity index is 1.71. The van der Waals surface area contributed by atoms with E-state index in [-0.39, 0.29) is 5.91 Å². The van der Waals surface area contributed by atoms with Gasteiger partial charge in [0.25, 0.3) is 0 Å². The van der Waals surface area contributed by atoms with Crippen LogP contribution in [0.1, 0.15) is 12.5 Å². The summed E-state index contributed by atoms with van der Waals surface area (Å²) in [6.07, 6.45) is 0. The van der Waals surface area contributed by atoms with E-state index in [0.717, 1.165) is 16.9 Å². The summed E-state index contributed by atoms with van der Waals surface area (Å²) < 4.78 is 17.3. The molecule has 0 aliphatic carbocycles. The van der Waals surface area contributed by atoms with Gasteiger partial charge in [0.2, 0.25) is 5.91 Å². The van der Waals surface area contributed by atoms with E-state index in [1.54, 1.807) is 14.2 Å². The first-order valence-electron chi connectivity index (χ1n) is 10.4. The van der Waals surface area contributed by atoms with Crippen LogP contribution in [-0.4, -0.2) is 33.2 Å². The minimum atomic E-state index is -0.0495. The van der Waals surface area contributed by atoms with Crippen LogP contribution in [0.4, 0.5) is 11.4 Å². The Morgan fingerprint density at radius 3 is 2.16 bits per heavy atom. The molecule has 168 valence electrons. The third-order valence-electron chi connectivity index (χ3n) is 4.69. The maximum atomic E-state index is 11.0. The first-order chi connectivity index (χ1) is 15.6. The molecule has 3 N–H and O–H groups in total. The van der Waals surface area contributed by atoms with Crippen molar-refractivity contribution >= 4 is 17.3 Å². The molecular formula is C25H29N3O4. The van der Waals surface area contributed by atoms with Crippen LogP contribution in [0.25, 0.3) is 0 Å². The average Bonchev–Trinajstić information content (AvgIpc) is 2.79. The number of methoxy groups -OCH3 is 2. The largest absolute Gasteiger partial charge is 0.496 e. The van der Waals surface area contributed by atoms with Crippen molar-refractivity contribution in [3.63, 3.8) is 0 Å². The van der Waals surface area contributed by atoms with E-state index in [2.05, 4.69) is 16.0 Å². The van der Waals surface area contributed by atoms with Gasteiger partial charge in [-0.2, -0.15) is 0 Å². The molecule has 0 radical (unpaired) electrons. The molecule has 0 unspecified atom stereocenters. The van der Waals surface area contributed by atoms with Crippen molar-refractivity contribution < 1.29 is 19.0 Å². The Morgan fingerprint density at radius 2 is 1.50 bits per heavy atom. The van der Waals surface area contributed by atoms with Gasteiger partial charge in [0, 0.05) is 56.1 Å². The molecule has 3 rings (SSSR count). The lowest BCUT2D eigenvalue weighted by atomic mass is 10.1. The zero-order valence-electron chi connectivity index (χ0n) is 18.6. The summed E-state index contributed by atoms with van der Waals surface area (Å²) in [6.45, 7) is 3.21. The van der Waals surface area contributed by atoms with Gasteiger partial charge in [-0.05, 0) is 24.3 Å². The van der Waals surface area contributed by atoms with E-state index in [9.17, 15) is 4.79 Å². The second-order valence-corrected chi connectivity index (χ2v) is 7.09. The molecule has 0 fully saturated rings. The van der Waals surface area contributed by atoms with E-state index >= 15 is 0 Å². The molecule has 0 spiro atoms. The number of para-hydroxylation sites is 1. The maximum Gasteiger partial charge on any atom is 0.216 e. The number of amides is 1. The van der Waals surface area contributed by atoms with Gasteiger partial charge in [0.1, 0.15) is 23.0 Å². The van der Waals surface area contributed by atoms with E-state index in [4.69, 9.17) is 14.2 Å². The number of benzene rings is 3. The molecule has 7 heteroatoms. The minimum absolute atomic E-state index is 0.0495. The zero-order chi connectivity index (χ0) is 22.8. The molecule has 0 saturated carbocycles. The molecular weight excluding hydrogens is 406 g/mol. The molecule has 0 heterocycles. The minimum Gasteiger partial charge on any atom is -0.496 e. The number of hydrogen-bond donors (Lipinski definition) is 3. The normalized spacial score (nSPS) is 10.3. The third-order valence-corrected chi connectivity index (χ3v) is 4.69. The van der Waals surface area contributed by atoms with Crippen molar-refractivity contribution in [2.75, 3.05) is 32.6 Å². The molecule has 3 aromatic rings. The quantitative estimate of drug-likeness (QED) is 0.386. The molecule has 0 aliphatic rings. The van der Waals surface area contributed by atoms with Gasteiger partial charge in [0.05, 0.1) is 19.8 Å². The van der Waals surface area contributed by atoms with Crippen LogP contribution in [0.2, 0.25) is 0 Å². The first kappa shape index (κ1) is 23.0. The van der Waals surface area contributed by atoms with Crippen molar-refractivity contribution in [2.45, 2.75) is 13.5 Å². The Morgan fingerprint density at radius 1 is 0.812 bits per heavy atom. The van der Waals surface area contributed by atoms with E-state index in [0.29, 0.717) is 42.6 Å². The third kappa shape index (κ3) is 6.65. The van der Waals surface area contributed by atoms with Gasteiger partial charge >= 0.3 is 0 Å². The maximum absolute atomic E-state index is 11.0. The van der Waals surface area contributed by atoms with Gasteiger partial charge in [-0.3, -0.25) is 4.79 Å². The Kier molecular flexibility index (Phi) is 8.34. The SMILES string of the molecule is COc1cc(Oc2cccc(Nc3ccccc3)c2)cc(OC)c1CNCCNC(C)=O. The monoisotopic (exact) mass is 435 g/mol. The predicted molar refractivity (Wildman–Crippen MR) is 126 cm³/mol. The van der Waals surface area contributed by atoms with Crippen LogP contribution < -0.4 is 30.2 Å². The lowest BCUT2D eigenvalue weighted by Gasteiger charge is -2.17. The Labute approximate surface area is 188 Å². The number of hydrogen-bond acceptors (Lipinski definition) is 6. The highest BCUT2D eigenvalue weighted by molar-refractivity contribution is 5.72. The molecule has 0 aliphatic heterocycles. The molecule has 7 nitrogen and oxygen atoms in total. The Bertz CT molecular complexity index is 1000. The number of rotatable bonds is 11. The number of nitrogens with one attached hydrogen (secondary N) is 3. The summed E-state index contributed by atoms with van der Waals surface area (Å²) >= 11 is 0. The predicted octanol–water partition coefficient (Wildman–Crippen LogP) is 4.47. The van der Waals surface area contributed by atoms with Gasteiger partial charge in [-0.1, -0.05) is 24.3 Å². The highest BCUT2D eigenvalue weighted by Crippen LogP contribution is 2.36. The number of carbonyl (C=O) groups excluding carboxylic acids is 1. The number of ether oxygens (including phenoxy) is 3. The summed E-state index contributed by atoms with van der Waals surface area (Å²) in [5, 5.41) is 9.40. The van der Waals surface area contributed by atoms with Gasteiger partial charge in [-0.25, -0.2) is 0 Å². The summed E-state index contributed by atoms with van der Waals surface area (Å²) in [6, 6.07) is 21.4. The summed E-state index contributed by atoms with van der Waals surface area (Å²) in [5.41, 5.74) is 2.81. The van der Waals surface area contributed by atoms with Crippen LogP contribution in [-0.2, 0) is 11.3 Å². The van der Waals surface area contributed by atoms with E-state index < -0.39 is 0 Å². The molecule has 32 heavy (non-hydrogen) atoms. The number of carbonyl (C=O) groups is 1. The fraction of sp³-hybridized carbons (Fsp3) is 0.240. The van der Waals surface area contributed by atoms with Crippen molar-refractivity contribution in [2.24, 2.45) is 0 Å². The number of anilines is 2. The fourth-order valence-electron chi connectivity index (χ4n) is 3.20. The summed E-state index contributed by atoms with van der Waals surface area (Å²) in [5.74, 6) is 2.56.